The van der Waals surface area contributed by atoms with Crippen molar-refractivity contribution in [3.8, 4) is 0 Å². The number of rotatable bonds is 2. The van der Waals surface area contributed by atoms with Gasteiger partial charge >= 0.3 is 6.03 Å². The van der Waals surface area contributed by atoms with E-state index >= 15 is 0 Å². The Bertz CT molecular complexity index is 776. The van der Waals surface area contributed by atoms with Crippen molar-refractivity contribution in [2.45, 2.75) is 13.3 Å². The molecule has 2 N–H and O–H groups in total. The standard InChI is InChI=1S/C14H13N5O/c1-9-2-4-10(5-3-9)6-12-16-7-11-13(18-12)17-8-19(11)14(15)20/h2-5,7-8H,6H2,1H3,(H2,15,20). The summed E-state index contributed by atoms with van der Waals surface area (Å²) in [4.78, 5) is 23.8. The third-order valence-corrected chi connectivity index (χ3v) is 3.08. The van der Waals surface area contributed by atoms with Gasteiger partial charge in [-0.3, -0.25) is 0 Å². The molecule has 3 aromatic rings. The van der Waals surface area contributed by atoms with Crippen molar-refractivity contribution in [1.82, 2.24) is 19.5 Å². The molecule has 0 saturated carbocycles. The summed E-state index contributed by atoms with van der Waals surface area (Å²) in [6.07, 6.45) is 3.56. The van der Waals surface area contributed by atoms with Crippen LogP contribution in [0.1, 0.15) is 17.0 Å². The summed E-state index contributed by atoms with van der Waals surface area (Å²) < 4.78 is 1.23. The van der Waals surface area contributed by atoms with Crippen LogP contribution in [0.25, 0.3) is 11.2 Å². The fraction of sp³-hybridized carbons (Fsp3) is 0.143. The molecule has 2 aromatic heterocycles. The van der Waals surface area contributed by atoms with E-state index in [2.05, 4.69) is 27.1 Å². The number of nitrogens with two attached hydrogens (primary N) is 1. The highest BCUT2D eigenvalue weighted by atomic mass is 16.2. The van der Waals surface area contributed by atoms with Gasteiger partial charge in [0.05, 0.1) is 6.20 Å². The van der Waals surface area contributed by atoms with Crippen LogP contribution in [0.4, 0.5) is 4.79 Å². The number of aryl methyl sites for hydroxylation is 1. The van der Waals surface area contributed by atoms with Crippen LogP contribution in [0.2, 0.25) is 0 Å². The molecule has 1 amide bonds. The summed E-state index contributed by atoms with van der Waals surface area (Å²) in [5, 5.41) is 0. The number of primary amides is 1. The average Bonchev–Trinajstić information content (AvgIpc) is 2.84. The Hall–Kier alpha value is -2.76. The second-order valence-electron chi connectivity index (χ2n) is 4.61. The first-order valence-corrected chi connectivity index (χ1v) is 6.18. The van der Waals surface area contributed by atoms with Gasteiger partial charge in [0.2, 0.25) is 0 Å². The number of nitrogens with zero attached hydrogens (tertiary/aromatic N) is 4. The minimum atomic E-state index is -0.595. The van der Waals surface area contributed by atoms with Crippen molar-refractivity contribution in [2.75, 3.05) is 0 Å². The molecule has 0 aliphatic heterocycles. The summed E-state index contributed by atoms with van der Waals surface area (Å²) in [7, 11) is 0. The molecule has 0 aliphatic rings. The lowest BCUT2D eigenvalue weighted by Crippen LogP contribution is -2.18. The van der Waals surface area contributed by atoms with Crippen LogP contribution >= 0.6 is 0 Å². The SMILES string of the molecule is Cc1ccc(Cc2ncc3c(ncn3C(N)=O)n2)cc1. The van der Waals surface area contributed by atoms with Crippen molar-refractivity contribution in [3.63, 3.8) is 0 Å². The van der Waals surface area contributed by atoms with Crippen molar-refractivity contribution in [3.05, 3.63) is 53.7 Å². The van der Waals surface area contributed by atoms with E-state index in [0.29, 0.717) is 23.4 Å². The highest BCUT2D eigenvalue weighted by molar-refractivity contribution is 5.86. The molecule has 1 aromatic carbocycles. The zero-order chi connectivity index (χ0) is 14.1. The second-order valence-corrected chi connectivity index (χ2v) is 4.61. The van der Waals surface area contributed by atoms with E-state index in [4.69, 9.17) is 5.73 Å². The van der Waals surface area contributed by atoms with Gasteiger partial charge in [-0.25, -0.2) is 24.3 Å². The van der Waals surface area contributed by atoms with E-state index in [1.54, 1.807) is 6.20 Å². The normalized spacial score (nSPS) is 10.8. The van der Waals surface area contributed by atoms with Gasteiger partial charge in [-0.1, -0.05) is 29.8 Å². The summed E-state index contributed by atoms with van der Waals surface area (Å²) in [5.74, 6) is 0.663. The Morgan fingerprint density at radius 2 is 2.00 bits per heavy atom. The fourth-order valence-corrected chi connectivity index (χ4v) is 1.99. The van der Waals surface area contributed by atoms with Crippen molar-refractivity contribution < 1.29 is 4.79 Å². The number of benzene rings is 1. The third-order valence-electron chi connectivity index (χ3n) is 3.08. The maximum Gasteiger partial charge on any atom is 0.324 e. The Morgan fingerprint density at radius 3 is 2.70 bits per heavy atom. The first-order valence-electron chi connectivity index (χ1n) is 6.18. The zero-order valence-corrected chi connectivity index (χ0v) is 10.9. The molecule has 0 aliphatic carbocycles. The van der Waals surface area contributed by atoms with E-state index in [9.17, 15) is 4.79 Å². The molecule has 0 radical (unpaired) electrons. The molecule has 6 heteroatoms. The van der Waals surface area contributed by atoms with Crippen LogP contribution in [-0.2, 0) is 6.42 Å². The molecule has 0 fully saturated rings. The number of fused-ring (bicyclic) bond motifs is 1. The molecule has 0 atom stereocenters. The number of carbonyl (C=O) groups is 1. The van der Waals surface area contributed by atoms with Crippen LogP contribution in [0, 0.1) is 6.92 Å². The van der Waals surface area contributed by atoms with E-state index in [0.717, 1.165) is 5.56 Å². The molecule has 0 saturated heterocycles. The average molecular weight is 267 g/mol. The first-order chi connectivity index (χ1) is 9.63. The first kappa shape index (κ1) is 12.3. The van der Waals surface area contributed by atoms with Crippen molar-refractivity contribution >= 4 is 17.2 Å². The maximum absolute atomic E-state index is 11.2. The lowest BCUT2D eigenvalue weighted by atomic mass is 10.1. The third kappa shape index (κ3) is 2.23. The van der Waals surface area contributed by atoms with E-state index in [1.165, 1.54) is 16.5 Å². The minimum absolute atomic E-state index is 0.473. The van der Waals surface area contributed by atoms with Gasteiger partial charge < -0.3 is 5.73 Å². The van der Waals surface area contributed by atoms with Crippen molar-refractivity contribution in [1.29, 1.82) is 0 Å². The molecule has 3 rings (SSSR count). The Kier molecular flexibility index (Phi) is 2.90. The number of imidazole rings is 1. The summed E-state index contributed by atoms with van der Waals surface area (Å²) in [6, 6.07) is 7.60. The van der Waals surface area contributed by atoms with Gasteiger partial charge in [-0.15, -0.1) is 0 Å². The molecule has 100 valence electrons. The highest BCUT2D eigenvalue weighted by Gasteiger charge is 2.09. The molecular weight excluding hydrogens is 254 g/mol. The second kappa shape index (κ2) is 4.73. The van der Waals surface area contributed by atoms with Crippen LogP contribution in [0.3, 0.4) is 0 Å². The van der Waals surface area contributed by atoms with Gasteiger partial charge in [-0.2, -0.15) is 0 Å². The van der Waals surface area contributed by atoms with Crippen LogP contribution in [0.15, 0.2) is 36.8 Å². The Labute approximate surface area is 115 Å². The largest absolute Gasteiger partial charge is 0.351 e. The quantitative estimate of drug-likeness (QED) is 0.764. The monoisotopic (exact) mass is 267 g/mol. The molecule has 0 unspecified atom stereocenters. The predicted octanol–water partition coefficient (Wildman–Crippen LogP) is 1.65. The molecule has 0 bridgehead atoms. The number of amides is 1. The maximum atomic E-state index is 11.2. The summed E-state index contributed by atoms with van der Waals surface area (Å²) in [6.45, 7) is 2.04. The topological polar surface area (TPSA) is 86.7 Å². The van der Waals surface area contributed by atoms with Gasteiger partial charge in [0.25, 0.3) is 0 Å². The predicted molar refractivity (Wildman–Crippen MR) is 74.3 cm³/mol. The Balaban J connectivity index is 1.93. The van der Waals surface area contributed by atoms with Gasteiger partial charge in [-0.05, 0) is 12.5 Å². The molecule has 0 spiro atoms. The Morgan fingerprint density at radius 1 is 1.25 bits per heavy atom. The van der Waals surface area contributed by atoms with Crippen LogP contribution < -0.4 is 5.73 Å². The lowest BCUT2D eigenvalue weighted by Gasteiger charge is -2.02. The highest BCUT2D eigenvalue weighted by Crippen LogP contribution is 2.12. The lowest BCUT2D eigenvalue weighted by molar-refractivity contribution is 0.251. The van der Waals surface area contributed by atoms with E-state index in [1.807, 2.05) is 19.1 Å². The van der Waals surface area contributed by atoms with Crippen molar-refractivity contribution in [2.24, 2.45) is 5.73 Å². The molecular formula is C14H13N5O. The molecule has 2 heterocycles. The number of carbonyl (C=O) groups excluding carboxylic acids is 1. The summed E-state index contributed by atoms with van der Waals surface area (Å²) >= 11 is 0. The number of hydrogen-bond acceptors (Lipinski definition) is 4. The van der Waals surface area contributed by atoms with Gasteiger partial charge in [0.15, 0.2) is 5.65 Å². The minimum Gasteiger partial charge on any atom is -0.351 e. The van der Waals surface area contributed by atoms with E-state index < -0.39 is 6.03 Å². The fourth-order valence-electron chi connectivity index (χ4n) is 1.99. The molecule has 6 nitrogen and oxygen atoms in total. The van der Waals surface area contributed by atoms with E-state index in [-0.39, 0.29) is 0 Å². The smallest absolute Gasteiger partial charge is 0.324 e. The van der Waals surface area contributed by atoms with Gasteiger partial charge in [0.1, 0.15) is 17.7 Å². The number of hydrogen-bond donors (Lipinski definition) is 1. The zero-order valence-electron chi connectivity index (χ0n) is 10.9. The van der Waals surface area contributed by atoms with Crippen LogP contribution in [0.5, 0.6) is 0 Å². The number of aromatic nitrogens is 4. The molecule has 20 heavy (non-hydrogen) atoms. The summed E-state index contributed by atoms with van der Waals surface area (Å²) in [5.41, 5.74) is 8.56. The van der Waals surface area contributed by atoms with Gasteiger partial charge in [0, 0.05) is 6.42 Å². The van der Waals surface area contributed by atoms with Crippen LogP contribution in [-0.4, -0.2) is 25.6 Å².